The number of imide groups is 1. The number of hydrogen-bond donors (Lipinski definition) is 2. The zero-order valence-corrected chi connectivity index (χ0v) is 21.2. The molecule has 1 aromatic rings. The van der Waals surface area contributed by atoms with E-state index < -0.39 is 5.97 Å². The molecule has 2 rings (SSSR count). The van der Waals surface area contributed by atoms with E-state index in [2.05, 4.69) is 20.8 Å². The van der Waals surface area contributed by atoms with Crippen LogP contribution in [0.1, 0.15) is 66.5 Å². The number of aromatic nitrogens is 3. The monoisotopic (exact) mass is 466 g/mol. The number of aryl methyl sites for hydroxylation is 2. The zero-order valence-electron chi connectivity index (χ0n) is 21.2. The van der Waals surface area contributed by atoms with Crippen LogP contribution in [0.3, 0.4) is 0 Å². The van der Waals surface area contributed by atoms with Crippen molar-refractivity contribution in [1.82, 2.24) is 25.3 Å². The molecule has 3 amide bonds. The first-order chi connectivity index (χ1) is 15.2. The number of allylic oxidation sites excluding steroid dienone is 1. The summed E-state index contributed by atoms with van der Waals surface area (Å²) in [6, 6.07) is 0. The van der Waals surface area contributed by atoms with Gasteiger partial charge in [-0.15, -0.1) is 5.10 Å². The van der Waals surface area contributed by atoms with E-state index in [0.717, 1.165) is 29.8 Å². The molecule has 11 nitrogen and oxygen atoms in total. The summed E-state index contributed by atoms with van der Waals surface area (Å²) in [6.07, 6.45) is 5.39. The molecule has 0 radical (unpaired) electrons. The minimum absolute atomic E-state index is 0.0556. The van der Waals surface area contributed by atoms with E-state index in [0.29, 0.717) is 6.42 Å². The lowest BCUT2D eigenvalue weighted by molar-refractivity contribution is -0.137. The van der Waals surface area contributed by atoms with Gasteiger partial charge < -0.3 is 5.11 Å². The summed E-state index contributed by atoms with van der Waals surface area (Å²) in [5.41, 5.74) is 5.04. The van der Waals surface area contributed by atoms with Crippen LogP contribution in [-0.4, -0.2) is 61.5 Å². The maximum absolute atomic E-state index is 10.8. The van der Waals surface area contributed by atoms with Crippen molar-refractivity contribution in [3.8, 4) is 0 Å². The molecule has 1 aliphatic rings. The van der Waals surface area contributed by atoms with Crippen LogP contribution in [0.15, 0.2) is 22.9 Å². The Hall–Kier alpha value is -3.37. The van der Waals surface area contributed by atoms with Crippen LogP contribution < -0.4 is 5.43 Å². The Morgan fingerprint density at radius 1 is 1.24 bits per heavy atom. The number of hydrazone groups is 1. The lowest BCUT2D eigenvalue weighted by atomic mass is 10.1. The van der Waals surface area contributed by atoms with Crippen molar-refractivity contribution in [2.24, 2.45) is 18.1 Å². The number of carbonyl (C=O) groups excluding carboxylic acids is 3. The molecule has 0 aromatic carbocycles. The molecule has 0 aliphatic carbocycles. The van der Waals surface area contributed by atoms with Gasteiger partial charge in [0.1, 0.15) is 0 Å². The van der Waals surface area contributed by atoms with Gasteiger partial charge in [0.05, 0.1) is 5.69 Å². The molecule has 0 spiro atoms. The third-order valence-electron chi connectivity index (χ3n) is 3.78. The SMILES string of the molecule is CC(=O)NN=C(C)C.CC1CC(=O)N(C)C1=O.CCCC(C)=CC(=O)O.Cc1cn(C)nn1. The van der Waals surface area contributed by atoms with Gasteiger partial charge in [-0.1, -0.05) is 31.1 Å². The van der Waals surface area contributed by atoms with E-state index >= 15 is 0 Å². The van der Waals surface area contributed by atoms with E-state index in [1.54, 1.807) is 11.6 Å². The highest BCUT2D eigenvalue weighted by Gasteiger charge is 2.32. The molecule has 2 N–H and O–H groups in total. The van der Waals surface area contributed by atoms with Crippen LogP contribution in [0.25, 0.3) is 0 Å². The number of hydrogen-bond acceptors (Lipinski definition) is 7. The predicted octanol–water partition coefficient (Wildman–Crippen LogP) is 2.47. The van der Waals surface area contributed by atoms with Gasteiger partial charge in [-0.05, 0) is 34.1 Å². The second-order valence-electron chi connectivity index (χ2n) is 7.74. The number of nitrogens with zero attached hydrogens (tertiary/aromatic N) is 5. The fourth-order valence-corrected chi connectivity index (χ4v) is 2.27. The van der Waals surface area contributed by atoms with E-state index in [1.807, 2.05) is 47.9 Å². The minimum Gasteiger partial charge on any atom is -0.478 e. The van der Waals surface area contributed by atoms with Gasteiger partial charge in [0, 0.05) is 51.3 Å². The maximum atomic E-state index is 10.8. The molecular weight excluding hydrogens is 428 g/mol. The van der Waals surface area contributed by atoms with Gasteiger partial charge in [-0.25, -0.2) is 10.2 Å². The second kappa shape index (κ2) is 17.2. The topological polar surface area (TPSA) is 147 Å². The van der Waals surface area contributed by atoms with Crippen molar-refractivity contribution in [2.45, 2.75) is 67.7 Å². The van der Waals surface area contributed by atoms with E-state index in [9.17, 15) is 19.2 Å². The average Bonchev–Trinajstić information content (AvgIpc) is 3.17. The number of aliphatic carboxylic acids is 1. The van der Waals surface area contributed by atoms with Crippen LogP contribution in [0.2, 0.25) is 0 Å². The van der Waals surface area contributed by atoms with Crippen LogP contribution >= 0.6 is 0 Å². The highest BCUT2D eigenvalue weighted by Crippen LogP contribution is 2.15. The third kappa shape index (κ3) is 18.0. The summed E-state index contributed by atoms with van der Waals surface area (Å²) < 4.78 is 1.68. The summed E-state index contributed by atoms with van der Waals surface area (Å²) in [7, 11) is 3.37. The highest BCUT2D eigenvalue weighted by molar-refractivity contribution is 6.02. The Morgan fingerprint density at radius 2 is 1.82 bits per heavy atom. The summed E-state index contributed by atoms with van der Waals surface area (Å²) in [5.74, 6) is -1.19. The fraction of sp³-hybridized carbons (Fsp3) is 0.591. The van der Waals surface area contributed by atoms with Crippen molar-refractivity contribution in [2.75, 3.05) is 7.05 Å². The van der Waals surface area contributed by atoms with Crippen molar-refractivity contribution >= 4 is 29.4 Å². The Bertz CT molecular complexity index is 824. The number of nitrogens with one attached hydrogen (secondary N) is 1. The third-order valence-corrected chi connectivity index (χ3v) is 3.78. The Labute approximate surface area is 195 Å². The number of carboxylic acids is 1. The molecule has 1 saturated heterocycles. The second-order valence-corrected chi connectivity index (χ2v) is 7.74. The Balaban J connectivity index is 0. The standard InChI is InChI=1S/C7H12O2.C6H9NO2.C5H10N2O.C4H7N3/c1-3-4-6(2)5-7(8)9;1-4-3-5(8)7(2)6(4)9;1-4(2)6-7-5(3)8;1-4-3-7(2)6-5-4/h5H,3-4H2,1-2H3,(H,8,9);4H,3H2,1-2H3;1-3H3,(H,7,8);3H,1-2H3. The van der Waals surface area contributed by atoms with Crippen molar-refractivity contribution in [1.29, 1.82) is 0 Å². The lowest BCUT2D eigenvalue weighted by Crippen LogP contribution is -2.24. The maximum Gasteiger partial charge on any atom is 0.328 e. The van der Waals surface area contributed by atoms with Crippen molar-refractivity contribution in [3.05, 3.63) is 23.5 Å². The highest BCUT2D eigenvalue weighted by atomic mass is 16.4. The van der Waals surface area contributed by atoms with Gasteiger partial charge in [0.2, 0.25) is 17.7 Å². The first-order valence-electron chi connectivity index (χ1n) is 10.5. The average molecular weight is 467 g/mol. The van der Waals surface area contributed by atoms with Crippen molar-refractivity contribution < 1.29 is 24.3 Å². The Kier molecular flexibility index (Phi) is 16.6. The fourth-order valence-electron chi connectivity index (χ4n) is 2.27. The minimum atomic E-state index is -0.846. The van der Waals surface area contributed by atoms with Gasteiger partial charge in [0.15, 0.2) is 0 Å². The first kappa shape index (κ1) is 31.8. The Morgan fingerprint density at radius 3 is 2.00 bits per heavy atom. The summed E-state index contributed by atoms with van der Waals surface area (Å²) in [4.78, 5) is 42.8. The molecule has 186 valence electrons. The van der Waals surface area contributed by atoms with Crippen LogP contribution in [-0.2, 0) is 26.2 Å². The van der Waals surface area contributed by atoms with Crippen LogP contribution in [0.4, 0.5) is 0 Å². The van der Waals surface area contributed by atoms with E-state index in [1.165, 1.54) is 24.9 Å². The molecule has 0 bridgehead atoms. The molecule has 1 aromatic heterocycles. The number of likely N-dealkylation sites (tertiary alicyclic amines) is 1. The molecular formula is C22H38N6O5. The number of amides is 3. The molecule has 0 saturated carbocycles. The molecule has 2 heterocycles. The van der Waals surface area contributed by atoms with Crippen LogP contribution in [0.5, 0.6) is 0 Å². The van der Waals surface area contributed by atoms with Gasteiger partial charge in [-0.2, -0.15) is 5.10 Å². The number of carboxylic acid groups (broad SMARTS) is 1. The molecule has 1 aliphatic heterocycles. The molecule has 11 heteroatoms. The lowest BCUT2D eigenvalue weighted by Gasteiger charge is -2.03. The largest absolute Gasteiger partial charge is 0.478 e. The van der Waals surface area contributed by atoms with Gasteiger partial charge >= 0.3 is 5.97 Å². The molecule has 1 fully saturated rings. The summed E-state index contributed by atoms with van der Waals surface area (Å²) >= 11 is 0. The quantitative estimate of drug-likeness (QED) is 0.300. The van der Waals surface area contributed by atoms with E-state index in [4.69, 9.17) is 5.11 Å². The number of carbonyl (C=O) groups is 4. The summed E-state index contributed by atoms with van der Waals surface area (Å²) in [5, 5.41) is 19.3. The molecule has 33 heavy (non-hydrogen) atoms. The van der Waals surface area contributed by atoms with Gasteiger partial charge in [-0.3, -0.25) is 24.0 Å². The predicted molar refractivity (Wildman–Crippen MR) is 126 cm³/mol. The molecule has 1 atom stereocenters. The first-order valence-corrected chi connectivity index (χ1v) is 10.5. The summed E-state index contributed by atoms with van der Waals surface area (Å²) in [6.45, 7) is 12.6. The van der Waals surface area contributed by atoms with Gasteiger partial charge in [0.25, 0.3) is 0 Å². The van der Waals surface area contributed by atoms with Crippen LogP contribution in [0, 0.1) is 12.8 Å². The smallest absolute Gasteiger partial charge is 0.328 e. The van der Waals surface area contributed by atoms with E-state index in [-0.39, 0.29) is 23.6 Å². The zero-order chi connectivity index (χ0) is 26.1. The number of rotatable bonds is 4. The molecule has 1 unspecified atom stereocenters. The normalized spacial score (nSPS) is 14.6. The van der Waals surface area contributed by atoms with Crippen molar-refractivity contribution in [3.63, 3.8) is 0 Å².